The zero-order chi connectivity index (χ0) is 17.8. The van der Waals surface area contributed by atoms with E-state index in [4.69, 9.17) is 0 Å². The van der Waals surface area contributed by atoms with E-state index in [1.54, 1.807) is 0 Å². The van der Waals surface area contributed by atoms with Gasteiger partial charge in [0.2, 0.25) is 11.8 Å². The van der Waals surface area contributed by atoms with Gasteiger partial charge in [-0.15, -0.1) is 0 Å². The molecule has 1 aliphatic heterocycles. The number of amides is 2. The maximum atomic E-state index is 13.6. The van der Waals surface area contributed by atoms with Crippen LogP contribution in [0.5, 0.6) is 0 Å². The lowest BCUT2D eigenvalue weighted by atomic mass is 9.96. The molecule has 0 spiro atoms. The summed E-state index contributed by atoms with van der Waals surface area (Å²) in [5.74, 6) is -2.34. The molecule has 1 saturated heterocycles. The molecule has 1 aliphatic carbocycles. The number of aliphatic imine (C=N–C) groups is 1. The van der Waals surface area contributed by atoms with Crippen molar-refractivity contribution in [3.63, 3.8) is 0 Å². The number of nitrogens with one attached hydrogen (secondary N) is 2. The highest BCUT2D eigenvalue weighted by atomic mass is 32.2. The van der Waals surface area contributed by atoms with Crippen LogP contribution in [0.15, 0.2) is 23.2 Å². The second-order valence-corrected chi connectivity index (χ2v) is 7.39. The molecule has 8 heteroatoms. The maximum Gasteiger partial charge on any atom is 0.240 e. The summed E-state index contributed by atoms with van der Waals surface area (Å²) in [5, 5.41) is 5.04. The molecular formula is C17H19F2N3O2S. The van der Waals surface area contributed by atoms with Crippen LogP contribution >= 0.6 is 11.8 Å². The van der Waals surface area contributed by atoms with Gasteiger partial charge in [-0.3, -0.25) is 14.6 Å². The van der Waals surface area contributed by atoms with Gasteiger partial charge in [-0.2, -0.15) is 0 Å². The van der Waals surface area contributed by atoms with E-state index in [1.807, 2.05) is 0 Å². The molecule has 0 bridgehead atoms. The highest BCUT2D eigenvalue weighted by Gasteiger charge is 2.32. The number of nitrogens with zero attached hydrogens (tertiary/aromatic N) is 1. The fraction of sp³-hybridized carbons (Fsp3) is 0.471. The quantitative estimate of drug-likeness (QED) is 0.858. The Labute approximate surface area is 148 Å². The minimum atomic E-state index is -0.851. The van der Waals surface area contributed by atoms with Crippen molar-refractivity contribution < 1.29 is 18.4 Å². The van der Waals surface area contributed by atoms with Crippen molar-refractivity contribution >= 4 is 34.4 Å². The number of hydrogen-bond donors (Lipinski definition) is 2. The summed E-state index contributed by atoms with van der Waals surface area (Å²) in [4.78, 5) is 28.6. The number of halogens is 2. The number of carbonyl (C=O) groups is 2. The van der Waals surface area contributed by atoms with Gasteiger partial charge in [0, 0.05) is 12.5 Å². The summed E-state index contributed by atoms with van der Waals surface area (Å²) in [7, 11) is 0. The van der Waals surface area contributed by atoms with E-state index in [9.17, 15) is 18.4 Å². The fourth-order valence-corrected chi connectivity index (χ4v) is 3.98. The average molecular weight is 367 g/mol. The third kappa shape index (κ3) is 4.78. The third-order valence-electron chi connectivity index (χ3n) is 4.23. The second kappa shape index (κ2) is 7.95. The van der Waals surface area contributed by atoms with Gasteiger partial charge in [0.1, 0.15) is 16.9 Å². The molecule has 2 aliphatic rings. The van der Waals surface area contributed by atoms with Crippen molar-refractivity contribution in [3.8, 4) is 0 Å². The molecular weight excluding hydrogens is 348 g/mol. The normalized spacial score (nSPS) is 22.9. The molecule has 134 valence electrons. The van der Waals surface area contributed by atoms with E-state index in [0.717, 1.165) is 37.8 Å². The number of benzene rings is 1. The lowest BCUT2D eigenvalue weighted by molar-refractivity contribution is -0.122. The summed E-state index contributed by atoms with van der Waals surface area (Å²) in [6.07, 6.45) is 5.47. The summed E-state index contributed by atoms with van der Waals surface area (Å²) >= 11 is 1.23. The second-order valence-electron chi connectivity index (χ2n) is 6.20. The topological polar surface area (TPSA) is 70.6 Å². The van der Waals surface area contributed by atoms with Gasteiger partial charge in [-0.1, -0.05) is 31.0 Å². The fourth-order valence-electron chi connectivity index (χ4n) is 2.94. The van der Waals surface area contributed by atoms with Gasteiger partial charge in [0.15, 0.2) is 5.17 Å². The van der Waals surface area contributed by atoms with Crippen LogP contribution in [0.25, 0.3) is 0 Å². The lowest BCUT2D eigenvalue weighted by Crippen LogP contribution is -2.28. The molecule has 2 amide bonds. The molecule has 1 aromatic carbocycles. The summed E-state index contributed by atoms with van der Waals surface area (Å²) < 4.78 is 26.4. The first-order valence-corrected chi connectivity index (χ1v) is 9.19. The Hall–Kier alpha value is -1.96. The lowest BCUT2D eigenvalue weighted by Gasteiger charge is -2.17. The number of anilines is 1. The molecule has 1 saturated carbocycles. The van der Waals surface area contributed by atoms with E-state index in [1.165, 1.54) is 18.2 Å². The molecule has 1 heterocycles. The molecule has 2 N–H and O–H groups in total. The number of carbonyl (C=O) groups excluding carboxylic acids is 2. The van der Waals surface area contributed by atoms with E-state index in [-0.39, 0.29) is 24.1 Å². The Balaban J connectivity index is 1.56. The van der Waals surface area contributed by atoms with Gasteiger partial charge < -0.3 is 10.6 Å². The maximum absolute atomic E-state index is 13.6. The van der Waals surface area contributed by atoms with E-state index in [0.29, 0.717) is 11.2 Å². The Morgan fingerprint density at radius 1 is 1.28 bits per heavy atom. The van der Waals surface area contributed by atoms with Crippen LogP contribution in [0.2, 0.25) is 0 Å². The first-order valence-electron chi connectivity index (χ1n) is 8.31. The van der Waals surface area contributed by atoms with Crippen LogP contribution in [-0.2, 0) is 9.59 Å². The Bertz CT molecular complexity index is 705. The summed E-state index contributed by atoms with van der Waals surface area (Å²) in [5.41, 5.74) is -0.106. The molecule has 3 rings (SSSR count). The molecule has 1 aromatic rings. The smallest absolute Gasteiger partial charge is 0.240 e. The van der Waals surface area contributed by atoms with Gasteiger partial charge in [0.25, 0.3) is 0 Å². The number of amidine groups is 1. The SMILES string of the molecule is O=C(CC1SC(=NC2CCCCC2)NC1=O)Nc1ccc(F)cc1F. The molecule has 0 aromatic heterocycles. The van der Waals surface area contributed by atoms with Crippen LogP contribution in [0.1, 0.15) is 38.5 Å². The Kier molecular flexibility index (Phi) is 5.67. The highest BCUT2D eigenvalue weighted by molar-refractivity contribution is 8.15. The Morgan fingerprint density at radius 3 is 2.76 bits per heavy atom. The minimum Gasteiger partial charge on any atom is -0.324 e. The summed E-state index contributed by atoms with van der Waals surface area (Å²) in [6, 6.07) is 3.14. The standard InChI is InChI=1S/C17H19F2N3O2S/c18-10-6-7-13(12(19)8-10)21-15(23)9-14-16(24)22-17(25-14)20-11-4-2-1-3-5-11/h6-8,11,14H,1-5,9H2,(H,21,23)(H,20,22,24). The Morgan fingerprint density at radius 2 is 2.04 bits per heavy atom. The van der Waals surface area contributed by atoms with Crippen LogP contribution in [0.4, 0.5) is 14.5 Å². The minimum absolute atomic E-state index is 0.100. The molecule has 1 atom stereocenters. The highest BCUT2D eigenvalue weighted by Crippen LogP contribution is 2.27. The molecule has 25 heavy (non-hydrogen) atoms. The van der Waals surface area contributed by atoms with Crippen molar-refractivity contribution in [1.29, 1.82) is 0 Å². The van der Waals surface area contributed by atoms with Gasteiger partial charge >= 0.3 is 0 Å². The largest absolute Gasteiger partial charge is 0.324 e. The first-order chi connectivity index (χ1) is 12.0. The molecule has 5 nitrogen and oxygen atoms in total. The predicted molar refractivity (Wildman–Crippen MR) is 93.4 cm³/mol. The van der Waals surface area contributed by atoms with Crippen molar-refractivity contribution in [1.82, 2.24) is 5.32 Å². The third-order valence-corrected chi connectivity index (χ3v) is 5.32. The van der Waals surface area contributed by atoms with Crippen LogP contribution < -0.4 is 10.6 Å². The number of thioether (sulfide) groups is 1. The predicted octanol–water partition coefficient (Wildman–Crippen LogP) is 3.21. The number of hydrogen-bond acceptors (Lipinski definition) is 4. The molecule has 2 fully saturated rings. The van der Waals surface area contributed by atoms with Gasteiger partial charge in [-0.25, -0.2) is 8.78 Å². The van der Waals surface area contributed by atoms with Crippen LogP contribution in [0.3, 0.4) is 0 Å². The van der Waals surface area contributed by atoms with Crippen molar-refractivity contribution in [3.05, 3.63) is 29.8 Å². The monoisotopic (exact) mass is 367 g/mol. The van der Waals surface area contributed by atoms with Crippen molar-refractivity contribution in [2.24, 2.45) is 4.99 Å². The molecule has 0 radical (unpaired) electrons. The molecule has 1 unspecified atom stereocenters. The zero-order valence-electron chi connectivity index (χ0n) is 13.6. The van der Waals surface area contributed by atoms with E-state index >= 15 is 0 Å². The zero-order valence-corrected chi connectivity index (χ0v) is 14.4. The average Bonchev–Trinajstić information content (AvgIpc) is 2.90. The van der Waals surface area contributed by atoms with Gasteiger partial charge in [-0.05, 0) is 25.0 Å². The van der Waals surface area contributed by atoms with Crippen LogP contribution in [0, 0.1) is 11.6 Å². The van der Waals surface area contributed by atoms with Crippen molar-refractivity contribution in [2.75, 3.05) is 5.32 Å². The van der Waals surface area contributed by atoms with E-state index in [2.05, 4.69) is 15.6 Å². The van der Waals surface area contributed by atoms with E-state index < -0.39 is 22.8 Å². The van der Waals surface area contributed by atoms with Crippen LogP contribution in [-0.4, -0.2) is 28.3 Å². The number of rotatable bonds is 4. The first kappa shape index (κ1) is 17.8. The van der Waals surface area contributed by atoms with Crippen molar-refractivity contribution in [2.45, 2.75) is 49.8 Å². The summed E-state index contributed by atoms with van der Waals surface area (Å²) in [6.45, 7) is 0. The van der Waals surface area contributed by atoms with Gasteiger partial charge in [0.05, 0.1) is 11.7 Å².